The predicted molar refractivity (Wildman–Crippen MR) is 102 cm³/mol. The zero-order valence-corrected chi connectivity index (χ0v) is 14.7. The maximum absolute atomic E-state index is 12.9. The van der Waals surface area contributed by atoms with Crippen LogP contribution in [0.15, 0.2) is 47.5 Å². The molecule has 2 bridgehead atoms. The molecule has 0 unspecified atom stereocenters. The van der Waals surface area contributed by atoms with Crippen molar-refractivity contribution in [1.82, 2.24) is 29.7 Å². The van der Waals surface area contributed by atoms with Crippen LogP contribution in [0.2, 0.25) is 0 Å². The van der Waals surface area contributed by atoms with Gasteiger partial charge in [-0.1, -0.05) is 24.3 Å². The van der Waals surface area contributed by atoms with Gasteiger partial charge in [-0.15, -0.1) is 10.2 Å². The Hall–Kier alpha value is -3.06. The average Bonchev–Trinajstić information content (AvgIpc) is 3.17. The summed E-state index contributed by atoms with van der Waals surface area (Å²) in [6.45, 7) is 2.73. The molecule has 27 heavy (non-hydrogen) atoms. The molecule has 2 atom stereocenters. The maximum Gasteiger partial charge on any atom is 0.251 e. The van der Waals surface area contributed by atoms with Crippen molar-refractivity contribution in [2.45, 2.75) is 18.9 Å². The van der Waals surface area contributed by atoms with E-state index in [1.165, 1.54) is 0 Å². The number of nitrogens with zero attached hydrogens (tertiary/aromatic N) is 5. The van der Waals surface area contributed by atoms with Gasteiger partial charge in [0, 0.05) is 47.1 Å². The Bertz CT molecular complexity index is 1260. The molecule has 2 aliphatic rings. The Morgan fingerprint density at radius 2 is 2.00 bits per heavy atom. The quantitative estimate of drug-likeness (QED) is 0.562. The van der Waals surface area contributed by atoms with E-state index >= 15 is 0 Å². The van der Waals surface area contributed by atoms with Crippen LogP contribution in [0.25, 0.3) is 27.7 Å². The number of hydrogen-bond acceptors (Lipinski definition) is 5. The second kappa shape index (κ2) is 5.47. The van der Waals surface area contributed by atoms with Crippen molar-refractivity contribution in [3.8, 4) is 11.3 Å². The highest BCUT2D eigenvalue weighted by molar-refractivity contribution is 6.01. The molecule has 1 fully saturated rings. The van der Waals surface area contributed by atoms with E-state index in [4.69, 9.17) is 5.10 Å². The van der Waals surface area contributed by atoms with Gasteiger partial charge in [-0.2, -0.15) is 9.61 Å². The molecule has 3 aromatic heterocycles. The molecule has 0 saturated carbocycles. The molecular weight excluding hydrogens is 340 g/mol. The highest BCUT2D eigenvalue weighted by Crippen LogP contribution is 2.35. The van der Waals surface area contributed by atoms with Crippen molar-refractivity contribution in [3.63, 3.8) is 0 Å². The second-order valence-electron chi connectivity index (χ2n) is 7.57. The Balaban J connectivity index is 1.63. The number of benzene rings is 1. The SMILES string of the molecule is O=c1cc(-c2nn3cnnc3c3ccccc23)cc2n1C[C@@H]1CNC[C@H]2C1. The smallest absolute Gasteiger partial charge is 0.251 e. The van der Waals surface area contributed by atoms with Gasteiger partial charge in [-0.3, -0.25) is 4.79 Å². The van der Waals surface area contributed by atoms with Gasteiger partial charge in [0.2, 0.25) is 0 Å². The number of hydrogen-bond donors (Lipinski definition) is 1. The first-order valence-electron chi connectivity index (χ1n) is 9.32. The molecule has 1 N–H and O–H groups in total. The van der Waals surface area contributed by atoms with E-state index in [9.17, 15) is 4.79 Å². The van der Waals surface area contributed by atoms with Crippen LogP contribution in [0.5, 0.6) is 0 Å². The molecule has 1 saturated heterocycles. The topological polar surface area (TPSA) is 77.1 Å². The number of aromatic nitrogens is 5. The van der Waals surface area contributed by atoms with Crippen LogP contribution in [0, 0.1) is 5.92 Å². The van der Waals surface area contributed by atoms with Crippen molar-refractivity contribution < 1.29 is 0 Å². The van der Waals surface area contributed by atoms with Gasteiger partial charge in [-0.05, 0) is 24.9 Å². The highest BCUT2D eigenvalue weighted by atomic mass is 16.1. The van der Waals surface area contributed by atoms with Crippen molar-refractivity contribution in [3.05, 3.63) is 58.8 Å². The lowest BCUT2D eigenvalue weighted by Crippen LogP contribution is -2.44. The zero-order valence-electron chi connectivity index (χ0n) is 14.7. The minimum absolute atomic E-state index is 0.0637. The van der Waals surface area contributed by atoms with Crippen LogP contribution in [0.3, 0.4) is 0 Å². The lowest BCUT2D eigenvalue weighted by Gasteiger charge is -2.37. The molecule has 7 heteroatoms. The van der Waals surface area contributed by atoms with Crippen LogP contribution >= 0.6 is 0 Å². The standard InChI is InChI=1S/C20H18N6O/c27-18-7-13(6-17-14-5-12(8-21-9-14)10-25(17)18)19-15-3-1-2-4-16(15)20-23-22-11-26(20)24-19/h1-4,6-7,11-12,14,21H,5,8-10H2/t12-,14+/m0/s1. The molecule has 0 radical (unpaired) electrons. The maximum atomic E-state index is 12.9. The summed E-state index contributed by atoms with van der Waals surface area (Å²) in [4.78, 5) is 12.9. The van der Waals surface area contributed by atoms with E-state index in [-0.39, 0.29) is 5.56 Å². The fraction of sp³-hybridized carbons (Fsp3) is 0.300. The number of rotatable bonds is 1. The molecule has 0 aliphatic carbocycles. The normalized spacial score (nSPS) is 21.5. The van der Waals surface area contributed by atoms with E-state index in [0.717, 1.165) is 59.4 Å². The van der Waals surface area contributed by atoms with E-state index in [1.807, 2.05) is 28.8 Å². The van der Waals surface area contributed by atoms with E-state index in [1.54, 1.807) is 16.9 Å². The van der Waals surface area contributed by atoms with Crippen molar-refractivity contribution in [2.24, 2.45) is 5.92 Å². The molecule has 1 aromatic carbocycles. The summed E-state index contributed by atoms with van der Waals surface area (Å²) in [5.74, 6) is 0.933. The lowest BCUT2D eigenvalue weighted by molar-refractivity contribution is 0.257. The fourth-order valence-electron chi connectivity index (χ4n) is 4.68. The van der Waals surface area contributed by atoms with Crippen LogP contribution in [0.1, 0.15) is 18.0 Å². The lowest BCUT2D eigenvalue weighted by atomic mass is 9.83. The fourth-order valence-corrected chi connectivity index (χ4v) is 4.68. The van der Waals surface area contributed by atoms with E-state index < -0.39 is 0 Å². The predicted octanol–water partition coefficient (Wildman–Crippen LogP) is 1.81. The molecule has 2 aliphatic heterocycles. The minimum atomic E-state index is 0.0637. The molecular formula is C20H18N6O. The largest absolute Gasteiger partial charge is 0.316 e. The molecule has 6 rings (SSSR count). The Morgan fingerprint density at radius 1 is 1.11 bits per heavy atom. The van der Waals surface area contributed by atoms with Crippen molar-refractivity contribution in [1.29, 1.82) is 0 Å². The van der Waals surface area contributed by atoms with E-state index in [2.05, 4.69) is 21.6 Å². The number of pyridine rings is 1. The number of nitrogens with one attached hydrogen (secondary N) is 1. The summed E-state index contributed by atoms with van der Waals surface area (Å²) >= 11 is 0. The Kier molecular flexibility index (Phi) is 3.05. The van der Waals surface area contributed by atoms with Gasteiger partial charge in [0.1, 0.15) is 6.33 Å². The first kappa shape index (κ1) is 15.0. The van der Waals surface area contributed by atoms with Gasteiger partial charge in [0.25, 0.3) is 5.56 Å². The molecule has 0 spiro atoms. The second-order valence-corrected chi connectivity index (χ2v) is 7.57. The first-order chi connectivity index (χ1) is 13.3. The Morgan fingerprint density at radius 3 is 2.93 bits per heavy atom. The van der Waals surface area contributed by atoms with Gasteiger partial charge in [-0.25, -0.2) is 0 Å². The molecule has 7 nitrogen and oxygen atoms in total. The minimum Gasteiger partial charge on any atom is -0.316 e. The monoisotopic (exact) mass is 358 g/mol. The molecule has 134 valence electrons. The zero-order chi connectivity index (χ0) is 18.0. The first-order valence-corrected chi connectivity index (χ1v) is 9.32. The van der Waals surface area contributed by atoms with Gasteiger partial charge in [0.05, 0.1) is 5.69 Å². The highest BCUT2D eigenvalue weighted by Gasteiger charge is 2.31. The third-order valence-corrected chi connectivity index (χ3v) is 5.90. The summed E-state index contributed by atoms with van der Waals surface area (Å²) in [6.07, 6.45) is 2.75. The summed E-state index contributed by atoms with van der Waals surface area (Å²) < 4.78 is 3.65. The van der Waals surface area contributed by atoms with Gasteiger partial charge in [0.15, 0.2) is 5.65 Å². The summed E-state index contributed by atoms with van der Waals surface area (Å²) in [6, 6.07) is 11.9. The van der Waals surface area contributed by atoms with Crippen LogP contribution in [0.4, 0.5) is 0 Å². The van der Waals surface area contributed by atoms with Gasteiger partial charge >= 0.3 is 0 Å². The number of piperidine rings is 1. The third-order valence-electron chi connectivity index (χ3n) is 5.90. The van der Waals surface area contributed by atoms with Crippen molar-refractivity contribution in [2.75, 3.05) is 13.1 Å². The van der Waals surface area contributed by atoms with Gasteiger partial charge < -0.3 is 9.88 Å². The molecule has 4 aromatic rings. The average molecular weight is 358 g/mol. The van der Waals surface area contributed by atoms with Crippen molar-refractivity contribution >= 4 is 16.4 Å². The third kappa shape index (κ3) is 2.18. The number of fused-ring (bicyclic) bond motifs is 7. The van der Waals surface area contributed by atoms with Crippen LogP contribution < -0.4 is 10.9 Å². The van der Waals surface area contributed by atoms with E-state index in [0.29, 0.717) is 11.8 Å². The molecule has 5 heterocycles. The summed E-state index contributed by atoms with van der Waals surface area (Å²) in [5.41, 5.74) is 3.57. The Labute approximate surface area is 154 Å². The van der Waals surface area contributed by atoms with Crippen LogP contribution in [-0.4, -0.2) is 37.5 Å². The molecule has 0 amide bonds. The summed E-state index contributed by atoms with van der Waals surface area (Å²) in [7, 11) is 0. The van der Waals surface area contributed by atoms with Crippen LogP contribution in [-0.2, 0) is 6.54 Å². The summed E-state index contributed by atoms with van der Waals surface area (Å²) in [5, 5.41) is 18.4.